The highest BCUT2D eigenvalue weighted by Gasteiger charge is 2.33. The van der Waals surface area contributed by atoms with Crippen molar-refractivity contribution in [3.8, 4) is 0 Å². The number of nitrogens with two attached hydrogens (primary N) is 1. The van der Waals surface area contributed by atoms with E-state index in [1.54, 1.807) is 0 Å². The number of benzene rings is 1. The minimum Gasteiger partial charge on any atom is -0.329 e. The molecule has 0 bridgehead atoms. The highest BCUT2D eigenvalue weighted by molar-refractivity contribution is 5.85. The predicted molar refractivity (Wildman–Crippen MR) is 96.7 cm³/mol. The van der Waals surface area contributed by atoms with E-state index < -0.39 is 0 Å². The van der Waals surface area contributed by atoms with E-state index in [2.05, 4.69) is 64.8 Å². The van der Waals surface area contributed by atoms with Crippen molar-refractivity contribution in [2.45, 2.75) is 39.4 Å². The number of rotatable bonds is 4. The summed E-state index contributed by atoms with van der Waals surface area (Å²) in [5.41, 5.74) is 7.72. The molecule has 1 aliphatic heterocycles. The second-order valence-electron chi connectivity index (χ2n) is 7.05. The van der Waals surface area contributed by atoms with Crippen LogP contribution in [0.15, 0.2) is 42.7 Å². The van der Waals surface area contributed by atoms with E-state index in [1.165, 1.54) is 5.56 Å². The van der Waals surface area contributed by atoms with Gasteiger partial charge < -0.3 is 10.3 Å². The molecular weight excluding hydrogens is 308 g/mol. The van der Waals surface area contributed by atoms with Crippen LogP contribution in [0.1, 0.15) is 31.7 Å². The number of likely N-dealkylation sites (tertiary alicyclic amines) is 1. The number of piperidine rings is 1. The van der Waals surface area contributed by atoms with E-state index in [9.17, 15) is 0 Å². The molecule has 0 spiro atoms. The normalized spacial score (nSPS) is 20.9. The van der Waals surface area contributed by atoms with Gasteiger partial charge in [-0.15, -0.1) is 12.4 Å². The highest BCUT2D eigenvalue weighted by atomic mass is 35.5. The van der Waals surface area contributed by atoms with Gasteiger partial charge in [0, 0.05) is 38.1 Å². The molecule has 0 radical (unpaired) electrons. The third-order valence-corrected chi connectivity index (χ3v) is 4.75. The second-order valence-corrected chi connectivity index (χ2v) is 7.05. The maximum Gasteiger partial charge on any atom is 0.123 e. The van der Waals surface area contributed by atoms with Crippen LogP contribution in [0.4, 0.5) is 0 Å². The first-order chi connectivity index (χ1) is 10.5. The largest absolute Gasteiger partial charge is 0.329 e. The van der Waals surface area contributed by atoms with Crippen molar-refractivity contribution in [3.63, 3.8) is 0 Å². The summed E-state index contributed by atoms with van der Waals surface area (Å²) in [5.74, 6) is 1.13. The lowest BCUT2D eigenvalue weighted by Crippen LogP contribution is -2.52. The van der Waals surface area contributed by atoms with Crippen LogP contribution >= 0.6 is 12.4 Å². The number of halogens is 1. The standard InChI is InChI=1S/C18H26N4.ClH/c1-18(2)14-21(10-8-16(18)19)13-17-20-9-11-22(17)12-15-6-4-3-5-7-15;/h3-7,9,11,16H,8,10,12-14,19H2,1-2H3;1H. The van der Waals surface area contributed by atoms with E-state index in [0.29, 0.717) is 6.04 Å². The molecule has 0 amide bonds. The quantitative estimate of drug-likeness (QED) is 0.935. The Bertz CT molecular complexity index is 608. The predicted octanol–water partition coefficient (Wildman–Crippen LogP) is 2.91. The van der Waals surface area contributed by atoms with Crippen LogP contribution in [0.5, 0.6) is 0 Å². The van der Waals surface area contributed by atoms with Gasteiger partial charge in [-0.2, -0.15) is 0 Å². The van der Waals surface area contributed by atoms with Crippen LogP contribution < -0.4 is 5.73 Å². The van der Waals surface area contributed by atoms with E-state index in [-0.39, 0.29) is 17.8 Å². The summed E-state index contributed by atoms with van der Waals surface area (Å²) in [5, 5.41) is 0. The minimum absolute atomic E-state index is 0. The van der Waals surface area contributed by atoms with Crippen molar-refractivity contribution >= 4 is 12.4 Å². The fourth-order valence-electron chi connectivity index (χ4n) is 3.24. The van der Waals surface area contributed by atoms with Crippen LogP contribution in [0.3, 0.4) is 0 Å². The van der Waals surface area contributed by atoms with Crippen molar-refractivity contribution in [2.75, 3.05) is 13.1 Å². The van der Waals surface area contributed by atoms with Gasteiger partial charge in [0.25, 0.3) is 0 Å². The average Bonchev–Trinajstić information content (AvgIpc) is 2.91. The van der Waals surface area contributed by atoms with Gasteiger partial charge in [0.1, 0.15) is 5.82 Å². The van der Waals surface area contributed by atoms with Crippen LogP contribution in [-0.4, -0.2) is 33.6 Å². The molecule has 1 aromatic carbocycles. The Kier molecular flexibility index (Phi) is 5.84. The Labute approximate surface area is 145 Å². The monoisotopic (exact) mass is 334 g/mol. The van der Waals surface area contributed by atoms with E-state index in [4.69, 9.17) is 5.73 Å². The zero-order chi connectivity index (χ0) is 15.6. The smallest absolute Gasteiger partial charge is 0.123 e. The Balaban J connectivity index is 0.00000192. The third-order valence-electron chi connectivity index (χ3n) is 4.75. The molecule has 2 N–H and O–H groups in total. The molecule has 5 heteroatoms. The first-order valence-corrected chi connectivity index (χ1v) is 8.06. The summed E-state index contributed by atoms with van der Waals surface area (Å²) in [4.78, 5) is 7.04. The molecule has 1 saturated heterocycles. The Hall–Kier alpha value is -1.36. The lowest BCUT2D eigenvalue weighted by molar-refractivity contribution is 0.0870. The number of aromatic nitrogens is 2. The summed E-state index contributed by atoms with van der Waals surface area (Å²) in [6.45, 7) is 8.40. The summed E-state index contributed by atoms with van der Waals surface area (Å²) in [6, 6.07) is 10.8. The van der Waals surface area contributed by atoms with Gasteiger partial charge in [-0.25, -0.2) is 4.98 Å². The van der Waals surface area contributed by atoms with Gasteiger partial charge in [-0.3, -0.25) is 4.90 Å². The van der Waals surface area contributed by atoms with Gasteiger partial charge in [-0.05, 0) is 17.4 Å². The van der Waals surface area contributed by atoms with Gasteiger partial charge in [0.2, 0.25) is 0 Å². The maximum absolute atomic E-state index is 6.23. The molecule has 4 nitrogen and oxygen atoms in total. The van der Waals surface area contributed by atoms with Crippen molar-refractivity contribution < 1.29 is 0 Å². The molecule has 3 rings (SSSR count). The molecule has 1 aromatic heterocycles. The van der Waals surface area contributed by atoms with Gasteiger partial charge in [0.05, 0.1) is 6.54 Å². The molecule has 0 aliphatic carbocycles. The summed E-state index contributed by atoms with van der Waals surface area (Å²) >= 11 is 0. The summed E-state index contributed by atoms with van der Waals surface area (Å²) in [7, 11) is 0. The van der Waals surface area contributed by atoms with E-state index in [1.807, 2.05) is 6.20 Å². The van der Waals surface area contributed by atoms with Crippen molar-refractivity contribution in [1.29, 1.82) is 0 Å². The summed E-state index contributed by atoms with van der Waals surface area (Å²) < 4.78 is 2.25. The van der Waals surface area contributed by atoms with Crippen LogP contribution in [0, 0.1) is 5.41 Å². The van der Waals surface area contributed by atoms with Crippen molar-refractivity contribution in [1.82, 2.24) is 14.5 Å². The second kappa shape index (κ2) is 7.47. The zero-order valence-corrected chi connectivity index (χ0v) is 14.8. The van der Waals surface area contributed by atoms with Gasteiger partial charge >= 0.3 is 0 Å². The Morgan fingerprint density at radius 3 is 2.65 bits per heavy atom. The van der Waals surface area contributed by atoms with E-state index >= 15 is 0 Å². The maximum atomic E-state index is 6.23. The first kappa shape index (κ1) is 18.0. The number of nitrogens with zero attached hydrogens (tertiary/aromatic N) is 3. The highest BCUT2D eigenvalue weighted by Crippen LogP contribution is 2.28. The van der Waals surface area contributed by atoms with Crippen LogP contribution in [-0.2, 0) is 13.1 Å². The molecule has 1 fully saturated rings. The molecule has 0 saturated carbocycles. The number of imidazole rings is 1. The average molecular weight is 335 g/mol. The number of hydrogen-bond acceptors (Lipinski definition) is 3. The summed E-state index contributed by atoms with van der Waals surface area (Å²) in [6.07, 6.45) is 5.04. The molecule has 1 aliphatic rings. The lowest BCUT2D eigenvalue weighted by atomic mass is 9.80. The Morgan fingerprint density at radius 1 is 1.22 bits per heavy atom. The lowest BCUT2D eigenvalue weighted by Gasteiger charge is -2.42. The zero-order valence-electron chi connectivity index (χ0n) is 14.0. The van der Waals surface area contributed by atoms with Crippen LogP contribution in [0.25, 0.3) is 0 Å². The minimum atomic E-state index is 0. The van der Waals surface area contributed by atoms with Gasteiger partial charge in [0.15, 0.2) is 0 Å². The molecule has 23 heavy (non-hydrogen) atoms. The molecule has 2 aromatic rings. The molecule has 126 valence electrons. The molecular formula is C18H27ClN4. The van der Waals surface area contributed by atoms with Crippen LogP contribution in [0.2, 0.25) is 0 Å². The number of hydrogen-bond donors (Lipinski definition) is 1. The van der Waals surface area contributed by atoms with Crippen molar-refractivity contribution in [2.24, 2.45) is 11.1 Å². The molecule has 1 unspecified atom stereocenters. The van der Waals surface area contributed by atoms with E-state index in [0.717, 1.165) is 38.4 Å². The molecule has 2 heterocycles. The topological polar surface area (TPSA) is 47.1 Å². The fourth-order valence-corrected chi connectivity index (χ4v) is 3.24. The Morgan fingerprint density at radius 2 is 1.96 bits per heavy atom. The van der Waals surface area contributed by atoms with Gasteiger partial charge in [-0.1, -0.05) is 44.2 Å². The third kappa shape index (κ3) is 4.34. The fraction of sp³-hybridized carbons (Fsp3) is 0.500. The first-order valence-electron chi connectivity index (χ1n) is 8.06. The molecule has 1 atom stereocenters. The van der Waals surface area contributed by atoms with Crippen molar-refractivity contribution in [3.05, 3.63) is 54.1 Å². The SMILES string of the molecule is CC1(C)CN(Cc2nccn2Cc2ccccc2)CCC1N.Cl.